The van der Waals surface area contributed by atoms with Gasteiger partial charge in [0.15, 0.2) is 0 Å². The summed E-state index contributed by atoms with van der Waals surface area (Å²) in [6.07, 6.45) is 1.71. The van der Waals surface area contributed by atoms with Crippen molar-refractivity contribution in [2.75, 3.05) is 6.61 Å². The van der Waals surface area contributed by atoms with E-state index in [1.165, 1.54) is 12.1 Å². The highest BCUT2D eigenvalue weighted by molar-refractivity contribution is 5.79. The zero-order valence-electron chi connectivity index (χ0n) is 9.43. The molecular formula is C13H14FNO2. The van der Waals surface area contributed by atoms with E-state index in [4.69, 9.17) is 4.74 Å². The molecule has 2 aliphatic heterocycles. The molecule has 4 heteroatoms. The van der Waals surface area contributed by atoms with Gasteiger partial charge in [-0.1, -0.05) is 12.1 Å². The second-order valence-electron chi connectivity index (χ2n) is 4.63. The Balaban J connectivity index is 1.73. The molecule has 2 heterocycles. The Morgan fingerprint density at radius 3 is 2.71 bits per heavy atom. The maximum atomic E-state index is 12.8. The van der Waals surface area contributed by atoms with Gasteiger partial charge in [0.25, 0.3) is 0 Å². The number of carbonyl (C=O) groups excluding carboxylic acids is 1. The highest BCUT2D eigenvalue weighted by atomic mass is 19.1. The minimum Gasteiger partial charge on any atom is -0.371 e. The van der Waals surface area contributed by atoms with Gasteiger partial charge in [0.2, 0.25) is 5.91 Å². The van der Waals surface area contributed by atoms with Gasteiger partial charge in [0, 0.05) is 13.0 Å². The van der Waals surface area contributed by atoms with Crippen molar-refractivity contribution in [2.45, 2.75) is 31.5 Å². The molecule has 1 unspecified atom stereocenters. The highest BCUT2D eigenvalue weighted by Crippen LogP contribution is 2.30. The van der Waals surface area contributed by atoms with Gasteiger partial charge < -0.3 is 9.64 Å². The average Bonchev–Trinajstić information content (AvgIpc) is 3.10. The molecule has 1 amide bonds. The summed E-state index contributed by atoms with van der Waals surface area (Å²) >= 11 is 0. The van der Waals surface area contributed by atoms with E-state index in [0.29, 0.717) is 13.0 Å². The van der Waals surface area contributed by atoms with Gasteiger partial charge in [0.1, 0.15) is 11.9 Å². The number of hydrogen-bond acceptors (Lipinski definition) is 2. The van der Waals surface area contributed by atoms with Crippen LogP contribution >= 0.6 is 0 Å². The van der Waals surface area contributed by atoms with Gasteiger partial charge in [-0.25, -0.2) is 4.39 Å². The first kappa shape index (κ1) is 10.7. The third-order valence-corrected chi connectivity index (χ3v) is 3.43. The molecule has 3 nitrogen and oxygen atoms in total. The highest BCUT2D eigenvalue weighted by Gasteiger charge is 2.42. The van der Waals surface area contributed by atoms with Gasteiger partial charge in [-0.2, -0.15) is 0 Å². The molecule has 90 valence electrons. The number of halogens is 1. The van der Waals surface area contributed by atoms with Crippen LogP contribution in [0.1, 0.15) is 18.4 Å². The second-order valence-corrected chi connectivity index (χ2v) is 4.63. The zero-order chi connectivity index (χ0) is 11.8. The number of amides is 1. The van der Waals surface area contributed by atoms with Crippen molar-refractivity contribution in [2.24, 2.45) is 0 Å². The lowest BCUT2D eigenvalue weighted by Gasteiger charge is -2.23. The molecule has 2 aliphatic rings. The molecule has 2 saturated heterocycles. The molecule has 0 N–H and O–H groups in total. The summed E-state index contributed by atoms with van der Waals surface area (Å²) in [7, 11) is 0. The minimum absolute atomic E-state index is 0.176. The summed E-state index contributed by atoms with van der Waals surface area (Å²) in [4.78, 5) is 13.7. The average molecular weight is 235 g/mol. The van der Waals surface area contributed by atoms with Crippen molar-refractivity contribution in [3.63, 3.8) is 0 Å². The van der Waals surface area contributed by atoms with Crippen molar-refractivity contribution in [1.29, 1.82) is 0 Å². The van der Waals surface area contributed by atoms with Gasteiger partial charge in [-0.3, -0.25) is 4.79 Å². The molecule has 3 rings (SSSR count). The van der Waals surface area contributed by atoms with E-state index >= 15 is 0 Å². The Hall–Kier alpha value is -1.42. The van der Waals surface area contributed by atoms with Crippen LogP contribution in [0.3, 0.4) is 0 Å². The first-order valence-corrected chi connectivity index (χ1v) is 5.89. The molecule has 1 aromatic rings. The Bertz CT molecular complexity index is 428. The molecule has 0 aliphatic carbocycles. The van der Waals surface area contributed by atoms with E-state index in [0.717, 1.165) is 18.6 Å². The molecule has 2 atom stereocenters. The number of carbonyl (C=O) groups is 1. The van der Waals surface area contributed by atoms with E-state index in [9.17, 15) is 9.18 Å². The van der Waals surface area contributed by atoms with Crippen LogP contribution in [0.25, 0.3) is 0 Å². The Kier molecular flexibility index (Phi) is 2.59. The normalized spacial score (nSPS) is 27.6. The third kappa shape index (κ3) is 2.17. The fourth-order valence-corrected chi connectivity index (χ4v) is 2.41. The number of rotatable bonds is 3. The zero-order valence-corrected chi connectivity index (χ0v) is 9.43. The van der Waals surface area contributed by atoms with E-state index in [1.54, 1.807) is 12.1 Å². The lowest BCUT2D eigenvalue weighted by molar-refractivity contribution is -0.129. The standard InChI is InChI=1S/C13H14FNO2/c14-10-3-1-9(2-4-10)7-15-11(12-8-17-12)5-6-13(15)16/h1-4,11-12H,5-8H2/t11-,12?/m0/s1. The van der Waals surface area contributed by atoms with Crippen LogP contribution in [0.4, 0.5) is 4.39 Å². The number of ether oxygens (including phenoxy) is 1. The van der Waals surface area contributed by atoms with Crippen molar-refractivity contribution >= 4 is 5.91 Å². The molecule has 1 aromatic carbocycles. The predicted molar refractivity (Wildman–Crippen MR) is 59.7 cm³/mol. The van der Waals surface area contributed by atoms with Gasteiger partial charge in [0.05, 0.1) is 12.6 Å². The van der Waals surface area contributed by atoms with Crippen LogP contribution in [-0.4, -0.2) is 29.6 Å². The Labute approximate surface area is 99.2 Å². The van der Waals surface area contributed by atoms with E-state index in [2.05, 4.69) is 0 Å². The molecular weight excluding hydrogens is 221 g/mol. The monoisotopic (exact) mass is 235 g/mol. The van der Waals surface area contributed by atoms with Crippen LogP contribution in [0.2, 0.25) is 0 Å². The maximum Gasteiger partial charge on any atom is 0.223 e. The molecule has 0 bridgehead atoms. The summed E-state index contributed by atoms with van der Waals surface area (Å²) in [5, 5.41) is 0. The van der Waals surface area contributed by atoms with Crippen molar-refractivity contribution in [3.8, 4) is 0 Å². The van der Waals surface area contributed by atoms with E-state index in [-0.39, 0.29) is 23.9 Å². The van der Waals surface area contributed by atoms with Crippen LogP contribution in [0.5, 0.6) is 0 Å². The van der Waals surface area contributed by atoms with Crippen LogP contribution in [-0.2, 0) is 16.1 Å². The molecule has 2 fully saturated rings. The first-order valence-electron chi connectivity index (χ1n) is 5.89. The smallest absolute Gasteiger partial charge is 0.223 e. The largest absolute Gasteiger partial charge is 0.371 e. The quantitative estimate of drug-likeness (QED) is 0.747. The Morgan fingerprint density at radius 1 is 1.35 bits per heavy atom. The maximum absolute atomic E-state index is 12.8. The van der Waals surface area contributed by atoms with Crippen molar-refractivity contribution < 1.29 is 13.9 Å². The lowest BCUT2D eigenvalue weighted by Crippen LogP contribution is -2.36. The molecule has 17 heavy (non-hydrogen) atoms. The Morgan fingerprint density at radius 2 is 2.06 bits per heavy atom. The molecule has 0 spiro atoms. The fraction of sp³-hybridized carbons (Fsp3) is 0.462. The molecule has 0 saturated carbocycles. The van der Waals surface area contributed by atoms with E-state index in [1.807, 2.05) is 4.90 Å². The van der Waals surface area contributed by atoms with Gasteiger partial charge in [-0.15, -0.1) is 0 Å². The van der Waals surface area contributed by atoms with Gasteiger partial charge in [-0.05, 0) is 24.1 Å². The first-order chi connectivity index (χ1) is 8.24. The van der Waals surface area contributed by atoms with Crippen LogP contribution in [0, 0.1) is 5.82 Å². The van der Waals surface area contributed by atoms with Crippen LogP contribution in [0.15, 0.2) is 24.3 Å². The minimum atomic E-state index is -0.247. The molecule has 0 aromatic heterocycles. The lowest BCUT2D eigenvalue weighted by atomic mass is 10.1. The number of benzene rings is 1. The van der Waals surface area contributed by atoms with Gasteiger partial charge >= 0.3 is 0 Å². The number of likely N-dealkylation sites (tertiary alicyclic amines) is 1. The predicted octanol–water partition coefficient (Wildman–Crippen LogP) is 1.72. The number of hydrogen-bond donors (Lipinski definition) is 0. The molecule has 0 radical (unpaired) electrons. The third-order valence-electron chi connectivity index (χ3n) is 3.43. The topological polar surface area (TPSA) is 32.8 Å². The summed E-state index contributed by atoms with van der Waals surface area (Å²) in [6, 6.07) is 6.53. The van der Waals surface area contributed by atoms with Crippen molar-refractivity contribution in [3.05, 3.63) is 35.6 Å². The number of epoxide rings is 1. The second kappa shape index (κ2) is 4.11. The summed E-state index contributed by atoms with van der Waals surface area (Å²) in [5.74, 6) is -0.0709. The van der Waals surface area contributed by atoms with E-state index < -0.39 is 0 Å². The van der Waals surface area contributed by atoms with Crippen LogP contribution < -0.4 is 0 Å². The SMILES string of the molecule is O=C1CC[C@@H](C2CO2)N1Cc1ccc(F)cc1. The van der Waals surface area contributed by atoms with Crippen molar-refractivity contribution in [1.82, 2.24) is 4.90 Å². The summed E-state index contributed by atoms with van der Waals surface area (Å²) < 4.78 is 18.1. The summed E-state index contributed by atoms with van der Waals surface area (Å²) in [6.45, 7) is 1.32. The fourth-order valence-electron chi connectivity index (χ4n) is 2.41. The number of nitrogens with zero attached hydrogens (tertiary/aromatic N) is 1. The summed E-state index contributed by atoms with van der Waals surface area (Å²) in [5.41, 5.74) is 0.965.